The molecule has 0 bridgehead atoms. The average Bonchev–Trinajstić information content (AvgIpc) is 2.27. The summed E-state index contributed by atoms with van der Waals surface area (Å²) < 4.78 is 34.0. The van der Waals surface area contributed by atoms with Crippen molar-refractivity contribution in [2.75, 3.05) is 12.3 Å². The van der Waals surface area contributed by atoms with Gasteiger partial charge < -0.3 is 15.2 Å². The summed E-state index contributed by atoms with van der Waals surface area (Å²) in [6.45, 7) is -0.354. The molecule has 1 rings (SSSR count). The fourth-order valence-corrected chi connectivity index (χ4v) is 1.51. The fraction of sp³-hybridized carbons (Fsp3) is 0.200. The van der Waals surface area contributed by atoms with Crippen molar-refractivity contribution >= 4 is 22.2 Å². The molecule has 8 nitrogen and oxygen atoms in total. The number of hydrogen-bond donors (Lipinski definition) is 3. The first-order valence-electron chi connectivity index (χ1n) is 5.03. The Morgan fingerprint density at radius 2 is 1.89 bits per heavy atom. The van der Waals surface area contributed by atoms with E-state index in [2.05, 4.69) is 5.32 Å². The maximum Gasteiger partial charge on any atom is 0.412 e. The van der Waals surface area contributed by atoms with E-state index in [1.54, 1.807) is 0 Å². The van der Waals surface area contributed by atoms with E-state index in [1.807, 2.05) is 0 Å². The standard InChI is InChI=1S/C10H11NO7S/c12-9(13)7-3-1-2-4-8(7)18-10(14)11-5-6-19(15,16)17/h1-4H,5-6H2,(H,11,14)(H,12,13)(H,15,16,17). The molecular formula is C10H11NO7S. The smallest absolute Gasteiger partial charge is 0.412 e. The summed E-state index contributed by atoms with van der Waals surface area (Å²) in [7, 11) is -4.18. The summed E-state index contributed by atoms with van der Waals surface area (Å²) in [5.41, 5.74) is -0.201. The summed E-state index contributed by atoms with van der Waals surface area (Å²) in [5, 5.41) is 10.9. The number of para-hydroxylation sites is 1. The molecule has 3 N–H and O–H groups in total. The lowest BCUT2D eigenvalue weighted by atomic mass is 10.2. The number of amides is 1. The van der Waals surface area contributed by atoms with Crippen molar-refractivity contribution < 1.29 is 32.4 Å². The van der Waals surface area contributed by atoms with Crippen LogP contribution in [-0.2, 0) is 10.1 Å². The van der Waals surface area contributed by atoms with Crippen LogP contribution in [-0.4, -0.2) is 42.4 Å². The minimum absolute atomic E-state index is 0.167. The lowest BCUT2D eigenvalue weighted by molar-refractivity contribution is 0.0694. The van der Waals surface area contributed by atoms with Gasteiger partial charge in [-0.25, -0.2) is 9.59 Å². The third-order valence-corrected chi connectivity index (χ3v) is 2.67. The topological polar surface area (TPSA) is 130 Å². The lowest BCUT2D eigenvalue weighted by Gasteiger charge is -2.07. The number of carbonyl (C=O) groups is 2. The molecule has 104 valence electrons. The zero-order chi connectivity index (χ0) is 14.5. The Labute approximate surface area is 108 Å². The number of carboxylic acid groups (broad SMARTS) is 1. The number of aromatic carboxylic acids is 1. The van der Waals surface area contributed by atoms with Crippen molar-refractivity contribution in [2.45, 2.75) is 0 Å². The summed E-state index contributed by atoms with van der Waals surface area (Å²) in [4.78, 5) is 22.1. The predicted octanol–water partition coefficient (Wildman–Crippen LogP) is 0.361. The van der Waals surface area contributed by atoms with Gasteiger partial charge in [0.15, 0.2) is 0 Å². The molecule has 9 heteroatoms. The number of rotatable bonds is 5. The highest BCUT2D eigenvalue weighted by atomic mass is 32.2. The third kappa shape index (κ3) is 5.36. The quantitative estimate of drug-likeness (QED) is 0.667. The molecule has 0 unspecified atom stereocenters. The number of ether oxygens (including phenoxy) is 1. The summed E-state index contributed by atoms with van der Waals surface area (Å²) >= 11 is 0. The molecule has 0 heterocycles. The Morgan fingerprint density at radius 3 is 2.47 bits per heavy atom. The predicted molar refractivity (Wildman–Crippen MR) is 63.8 cm³/mol. The average molecular weight is 289 g/mol. The fourth-order valence-electron chi connectivity index (χ4n) is 1.15. The normalized spacial score (nSPS) is 10.8. The van der Waals surface area contributed by atoms with E-state index in [9.17, 15) is 18.0 Å². The van der Waals surface area contributed by atoms with Crippen molar-refractivity contribution in [1.29, 1.82) is 0 Å². The molecule has 0 aliphatic carbocycles. The molecule has 0 atom stereocenters. The summed E-state index contributed by atoms with van der Waals surface area (Å²) in [5.74, 6) is -2.09. The van der Waals surface area contributed by atoms with Gasteiger partial charge in [-0.05, 0) is 12.1 Å². The van der Waals surface area contributed by atoms with Crippen LogP contribution in [0, 0.1) is 0 Å². The molecule has 0 aromatic heterocycles. The number of carbonyl (C=O) groups excluding carboxylic acids is 1. The van der Waals surface area contributed by atoms with Crippen LogP contribution in [0.1, 0.15) is 10.4 Å². The maximum absolute atomic E-state index is 11.3. The first-order chi connectivity index (χ1) is 8.79. The number of nitrogens with one attached hydrogen (secondary N) is 1. The van der Waals surface area contributed by atoms with Gasteiger partial charge in [0, 0.05) is 6.54 Å². The Kier molecular flexibility index (Phi) is 4.84. The van der Waals surface area contributed by atoms with Crippen molar-refractivity contribution in [3.63, 3.8) is 0 Å². The van der Waals surface area contributed by atoms with Crippen molar-refractivity contribution in [3.8, 4) is 5.75 Å². The van der Waals surface area contributed by atoms with Crippen molar-refractivity contribution in [3.05, 3.63) is 29.8 Å². The van der Waals surface area contributed by atoms with Gasteiger partial charge in [-0.1, -0.05) is 12.1 Å². The van der Waals surface area contributed by atoms with Gasteiger partial charge >= 0.3 is 12.1 Å². The SMILES string of the molecule is O=C(NCCS(=O)(=O)O)Oc1ccccc1C(=O)O. The van der Waals surface area contributed by atoms with Crippen molar-refractivity contribution in [1.82, 2.24) is 5.32 Å². The third-order valence-electron chi connectivity index (χ3n) is 1.95. The molecule has 0 aliphatic heterocycles. The van der Waals surface area contributed by atoms with Gasteiger partial charge in [-0.3, -0.25) is 4.55 Å². The highest BCUT2D eigenvalue weighted by Crippen LogP contribution is 2.17. The van der Waals surface area contributed by atoms with E-state index >= 15 is 0 Å². The second kappa shape index (κ2) is 6.16. The number of hydrogen-bond acceptors (Lipinski definition) is 5. The molecule has 0 fully saturated rings. The minimum atomic E-state index is -4.18. The highest BCUT2D eigenvalue weighted by Gasteiger charge is 2.14. The van der Waals surface area contributed by atoms with E-state index in [-0.39, 0.29) is 17.9 Å². The van der Waals surface area contributed by atoms with Crippen LogP contribution in [0.25, 0.3) is 0 Å². The molecule has 0 saturated heterocycles. The van der Waals surface area contributed by atoms with Gasteiger partial charge in [-0.2, -0.15) is 8.42 Å². The molecule has 1 aromatic rings. The Morgan fingerprint density at radius 1 is 1.26 bits per heavy atom. The minimum Gasteiger partial charge on any atom is -0.478 e. The van der Waals surface area contributed by atoms with E-state index in [4.69, 9.17) is 14.4 Å². The molecule has 1 amide bonds. The highest BCUT2D eigenvalue weighted by molar-refractivity contribution is 7.85. The lowest BCUT2D eigenvalue weighted by Crippen LogP contribution is -2.31. The van der Waals surface area contributed by atoms with Crippen LogP contribution in [0.4, 0.5) is 4.79 Å². The summed E-state index contributed by atoms with van der Waals surface area (Å²) in [6, 6.07) is 5.48. The zero-order valence-corrected chi connectivity index (χ0v) is 10.4. The van der Waals surface area contributed by atoms with Crippen LogP contribution in [0.2, 0.25) is 0 Å². The second-order valence-corrected chi connectivity index (χ2v) is 4.98. The molecule has 0 saturated carbocycles. The second-order valence-electron chi connectivity index (χ2n) is 3.40. The number of benzene rings is 1. The number of carboxylic acids is 1. The molecule has 0 spiro atoms. The molecular weight excluding hydrogens is 278 g/mol. The Balaban J connectivity index is 2.60. The van der Waals surface area contributed by atoms with Gasteiger partial charge in [0.1, 0.15) is 11.3 Å². The van der Waals surface area contributed by atoms with Crippen molar-refractivity contribution in [2.24, 2.45) is 0 Å². The van der Waals surface area contributed by atoms with E-state index in [0.717, 1.165) is 0 Å². The van der Waals surface area contributed by atoms with Gasteiger partial charge in [-0.15, -0.1) is 0 Å². The van der Waals surface area contributed by atoms with E-state index in [1.165, 1.54) is 24.3 Å². The molecule has 0 aliphatic rings. The monoisotopic (exact) mass is 289 g/mol. The first kappa shape index (κ1) is 14.9. The Bertz CT molecular complexity index is 581. The molecule has 1 aromatic carbocycles. The largest absolute Gasteiger partial charge is 0.478 e. The molecule has 19 heavy (non-hydrogen) atoms. The van der Waals surface area contributed by atoms with Crippen LogP contribution >= 0.6 is 0 Å². The van der Waals surface area contributed by atoms with Gasteiger partial charge in [0.25, 0.3) is 10.1 Å². The van der Waals surface area contributed by atoms with E-state index in [0.29, 0.717) is 0 Å². The van der Waals surface area contributed by atoms with Crippen LogP contribution < -0.4 is 10.1 Å². The van der Waals surface area contributed by atoms with Crippen LogP contribution in [0.3, 0.4) is 0 Å². The van der Waals surface area contributed by atoms with Gasteiger partial charge in [0.2, 0.25) is 0 Å². The summed E-state index contributed by atoms with van der Waals surface area (Å²) in [6.07, 6.45) is -1.02. The maximum atomic E-state index is 11.3. The zero-order valence-electron chi connectivity index (χ0n) is 9.57. The first-order valence-corrected chi connectivity index (χ1v) is 6.63. The van der Waals surface area contributed by atoms with Crippen LogP contribution in [0.15, 0.2) is 24.3 Å². The van der Waals surface area contributed by atoms with Gasteiger partial charge in [0.05, 0.1) is 5.75 Å². The molecule has 0 radical (unpaired) electrons. The van der Waals surface area contributed by atoms with E-state index < -0.39 is 27.9 Å². The van der Waals surface area contributed by atoms with Crippen LogP contribution in [0.5, 0.6) is 5.75 Å². The Hall–Kier alpha value is -2.13.